The first-order valence-corrected chi connectivity index (χ1v) is 8.02. The first-order chi connectivity index (χ1) is 8.38. The van der Waals surface area contributed by atoms with Crippen molar-refractivity contribution >= 4 is 10.0 Å². The predicted molar refractivity (Wildman–Crippen MR) is 69.6 cm³/mol. The lowest BCUT2D eigenvalue weighted by Crippen LogP contribution is -2.38. The van der Waals surface area contributed by atoms with Gasteiger partial charge in [-0.2, -0.15) is 4.31 Å². The Bertz CT molecular complexity index is 522. The van der Waals surface area contributed by atoms with Crippen molar-refractivity contribution in [2.45, 2.75) is 39.2 Å². The summed E-state index contributed by atoms with van der Waals surface area (Å²) in [6.07, 6.45) is 3.99. The molecule has 6 heteroatoms. The summed E-state index contributed by atoms with van der Waals surface area (Å²) in [6.45, 7) is 4.39. The fourth-order valence-electron chi connectivity index (χ4n) is 2.46. The van der Waals surface area contributed by atoms with Crippen LogP contribution in [0.1, 0.15) is 42.5 Å². The summed E-state index contributed by atoms with van der Waals surface area (Å²) in [5, 5.41) is 0. The third-order valence-corrected chi connectivity index (χ3v) is 4.47. The van der Waals surface area contributed by atoms with Gasteiger partial charge in [0.15, 0.2) is 0 Å². The van der Waals surface area contributed by atoms with Crippen molar-refractivity contribution in [1.82, 2.24) is 14.3 Å². The first-order valence-electron chi connectivity index (χ1n) is 6.17. The van der Waals surface area contributed by atoms with Crippen LogP contribution in [0.15, 0.2) is 6.07 Å². The second-order valence-electron chi connectivity index (χ2n) is 4.89. The fourth-order valence-corrected chi connectivity index (χ4v) is 3.58. The number of aromatic nitrogens is 2. The lowest BCUT2D eigenvalue weighted by molar-refractivity contribution is 0.247. The van der Waals surface area contributed by atoms with Crippen LogP contribution in [0.5, 0.6) is 0 Å². The second kappa shape index (κ2) is 4.93. The number of hydrogen-bond donors (Lipinski definition) is 0. The van der Waals surface area contributed by atoms with Crippen molar-refractivity contribution in [2.75, 3.05) is 12.8 Å². The standard InChI is InChI=1S/C12H19N3O2S/c1-9-8-10(2)14-12(13-9)11-6-4-5-7-15(11)18(3,16)17/h8,11H,4-7H2,1-3H3. The largest absolute Gasteiger partial charge is 0.236 e. The maximum absolute atomic E-state index is 11.8. The Kier molecular flexibility index (Phi) is 3.68. The summed E-state index contributed by atoms with van der Waals surface area (Å²) in [4.78, 5) is 8.81. The van der Waals surface area contributed by atoms with E-state index in [0.717, 1.165) is 30.7 Å². The highest BCUT2D eigenvalue weighted by Gasteiger charge is 2.32. The number of rotatable bonds is 2. The Labute approximate surface area is 108 Å². The molecule has 1 saturated heterocycles. The summed E-state index contributed by atoms with van der Waals surface area (Å²) >= 11 is 0. The van der Waals surface area contributed by atoms with Gasteiger partial charge in [0.05, 0.1) is 12.3 Å². The lowest BCUT2D eigenvalue weighted by atomic mass is 10.0. The molecule has 2 rings (SSSR count). The molecule has 0 aliphatic carbocycles. The van der Waals surface area contributed by atoms with Crippen LogP contribution in [0.3, 0.4) is 0 Å². The molecule has 1 aromatic heterocycles. The molecule has 0 radical (unpaired) electrons. The topological polar surface area (TPSA) is 63.2 Å². The Hall–Kier alpha value is -1.01. The Morgan fingerprint density at radius 3 is 2.39 bits per heavy atom. The molecule has 1 aliphatic heterocycles. The molecule has 0 saturated carbocycles. The number of hydrogen-bond acceptors (Lipinski definition) is 4. The van der Waals surface area contributed by atoms with E-state index < -0.39 is 10.0 Å². The zero-order chi connectivity index (χ0) is 13.3. The molecule has 1 unspecified atom stereocenters. The third kappa shape index (κ3) is 2.87. The van der Waals surface area contributed by atoms with Crippen LogP contribution in [0.4, 0.5) is 0 Å². The average molecular weight is 269 g/mol. The lowest BCUT2D eigenvalue weighted by Gasteiger charge is -2.32. The number of sulfonamides is 1. The summed E-state index contributed by atoms with van der Waals surface area (Å²) in [6, 6.07) is 1.70. The van der Waals surface area contributed by atoms with Gasteiger partial charge in [0.25, 0.3) is 0 Å². The van der Waals surface area contributed by atoms with Gasteiger partial charge in [-0.05, 0) is 32.8 Å². The van der Waals surface area contributed by atoms with Crippen LogP contribution in [0.2, 0.25) is 0 Å². The van der Waals surface area contributed by atoms with Gasteiger partial charge < -0.3 is 0 Å². The summed E-state index contributed by atoms with van der Waals surface area (Å²) in [5.41, 5.74) is 1.77. The number of nitrogens with zero attached hydrogens (tertiary/aromatic N) is 3. The van der Waals surface area contributed by atoms with Gasteiger partial charge in [0, 0.05) is 17.9 Å². The van der Waals surface area contributed by atoms with Crippen molar-refractivity contribution in [3.63, 3.8) is 0 Å². The third-order valence-electron chi connectivity index (χ3n) is 3.18. The molecule has 0 N–H and O–H groups in total. The SMILES string of the molecule is Cc1cc(C)nc(C2CCCCN2S(C)(=O)=O)n1. The van der Waals surface area contributed by atoms with Crippen LogP contribution >= 0.6 is 0 Å². The van der Waals surface area contributed by atoms with Gasteiger partial charge in [0.2, 0.25) is 10.0 Å². The van der Waals surface area contributed by atoms with Crippen molar-refractivity contribution < 1.29 is 8.42 Å². The van der Waals surface area contributed by atoms with E-state index >= 15 is 0 Å². The Morgan fingerprint density at radius 2 is 1.83 bits per heavy atom. The molecule has 0 bridgehead atoms. The van der Waals surface area contributed by atoms with E-state index in [1.54, 1.807) is 0 Å². The molecule has 5 nitrogen and oxygen atoms in total. The Balaban J connectivity index is 2.40. The van der Waals surface area contributed by atoms with Crippen LogP contribution in [-0.2, 0) is 10.0 Å². The van der Waals surface area contributed by atoms with E-state index in [9.17, 15) is 8.42 Å². The van der Waals surface area contributed by atoms with E-state index in [2.05, 4.69) is 9.97 Å². The second-order valence-corrected chi connectivity index (χ2v) is 6.83. The van der Waals surface area contributed by atoms with Gasteiger partial charge >= 0.3 is 0 Å². The first kappa shape index (κ1) is 13.4. The summed E-state index contributed by atoms with van der Waals surface area (Å²) < 4.78 is 25.2. The molecule has 2 heterocycles. The molecule has 1 aromatic rings. The molecule has 1 aliphatic rings. The minimum absolute atomic E-state index is 0.202. The predicted octanol–water partition coefficient (Wildman–Crippen LogP) is 1.58. The molecule has 1 atom stereocenters. The van der Waals surface area contributed by atoms with Gasteiger partial charge in [0.1, 0.15) is 5.82 Å². The molecule has 100 valence electrons. The molecule has 0 amide bonds. The quantitative estimate of drug-likeness (QED) is 0.817. The Morgan fingerprint density at radius 1 is 1.22 bits per heavy atom. The highest BCUT2D eigenvalue weighted by molar-refractivity contribution is 7.88. The minimum atomic E-state index is -3.20. The van der Waals surface area contributed by atoms with Crippen LogP contribution in [0, 0.1) is 13.8 Å². The zero-order valence-corrected chi connectivity index (χ0v) is 11.9. The molecule has 0 aromatic carbocycles. The fraction of sp³-hybridized carbons (Fsp3) is 0.667. The molecular weight excluding hydrogens is 250 g/mol. The van der Waals surface area contributed by atoms with E-state index in [1.807, 2.05) is 19.9 Å². The van der Waals surface area contributed by atoms with Crippen molar-refractivity contribution in [1.29, 1.82) is 0 Å². The smallest absolute Gasteiger partial charge is 0.211 e. The van der Waals surface area contributed by atoms with Crippen molar-refractivity contribution in [3.05, 3.63) is 23.3 Å². The van der Waals surface area contributed by atoms with Gasteiger partial charge in [-0.1, -0.05) is 6.42 Å². The normalized spacial score (nSPS) is 22.1. The van der Waals surface area contributed by atoms with E-state index in [4.69, 9.17) is 0 Å². The average Bonchev–Trinajstić information content (AvgIpc) is 2.26. The molecule has 1 fully saturated rings. The maximum Gasteiger partial charge on any atom is 0.211 e. The van der Waals surface area contributed by atoms with E-state index in [0.29, 0.717) is 12.4 Å². The van der Waals surface area contributed by atoms with Gasteiger partial charge in [-0.15, -0.1) is 0 Å². The van der Waals surface area contributed by atoms with Crippen molar-refractivity contribution in [2.24, 2.45) is 0 Å². The summed E-state index contributed by atoms with van der Waals surface area (Å²) in [5.74, 6) is 0.637. The van der Waals surface area contributed by atoms with Crippen LogP contribution in [-0.4, -0.2) is 35.5 Å². The van der Waals surface area contributed by atoms with E-state index in [1.165, 1.54) is 10.6 Å². The number of aryl methyl sites for hydroxylation is 2. The van der Waals surface area contributed by atoms with Gasteiger partial charge in [-0.25, -0.2) is 18.4 Å². The van der Waals surface area contributed by atoms with Crippen LogP contribution < -0.4 is 0 Å². The summed E-state index contributed by atoms with van der Waals surface area (Å²) in [7, 11) is -3.20. The molecular formula is C12H19N3O2S. The monoisotopic (exact) mass is 269 g/mol. The van der Waals surface area contributed by atoms with Crippen molar-refractivity contribution in [3.8, 4) is 0 Å². The molecule has 18 heavy (non-hydrogen) atoms. The number of piperidine rings is 1. The zero-order valence-electron chi connectivity index (χ0n) is 11.0. The minimum Gasteiger partial charge on any atom is -0.236 e. The van der Waals surface area contributed by atoms with Crippen LogP contribution in [0.25, 0.3) is 0 Å². The maximum atomic E-state index is 11.8. The highest BCUT2D eigenvalue weighted by Crippen LogP contribution is 2.30. The molecule has 0 spiro atoms. The van der Waals surface area contributed by atoms with Gasteiger partial charge in [-0.3, -0.25) is 0 Å². The van der Waals surface area contributed by atoms with E-state index in [-0.39, 0.29) is 6.04 Å². The highest BCUT2D eigenvalue weighted by atomic mass is 32.2.